The molecule has 2 unspecified atom stereocenters. The van der Waals surface area contributed by atoms with Crippen LogP contribution in [-0.4, -0.2) is 30.3 Å². The number of pyridine rings is 1. The number of tetrazole rings is 1. The first-order valence-electron chi connectivity index (χ1n) is 9.97. The second-order valence-electron chi connectivity index (χ2n) is 7.56. The molecule has 0 amide bonds. The fraction of sp³-hybridized carbons (Fsp3) is 0.217. The highest BCUT2D eigenvalue weighted by Gasteiger charge is 2.57. The number of alkyl halides is 2. The van der Waals surface area contributed by atoms with Crippen LogP contribution in [0.25, 0.3) is 0 Å². The fourth-order valence-electron chi connectivity index (χ4n) is 3.45. The molecule has 2 heterocycles. The monoisotopic (exact) mass is 473 g/mol. The van der Waals surface area contributed by atoms with Gasteiger partial charge in [-0.2, -0.15) is 8.78 Å². The van der Waals surface area contributed by atoms with Crippen LogP contribution in [0, 0.1) is 29.4 Å². The average Bonchev–Trinajstić information content (AvgIpc) is 3.30. The third-order valence-corrected chi connectivity index (χ3v) is 5.19. The Kier molecular flexibility index (Phi) is 6.26. The van der Waals surface area contributed by atoms with Gasteiger partial charge >= 0.3 is 5.92 Å². The number of allylic oxidation sites excluding steroid dienone is 4. The van der Waals surface area contributed by atoms with Crippen molar-refractivity contribution in [2.24, 2.45) is 5.92 Å². The molecule has 0 saturated carbocycles. The largest absolute Gasteiger partial charge is 0.377 e. The maximum absolute atomic E-state index is 15.7. The normalized spacial score (nSPS) is 17.5. The van der Waals surface area contributed by atoms with E-state index in [0.29, 0.717) is 12.5 Å². The van der Waals surface area contributed by atoms with E-state index in [1.807, 2.05) is 0 Å². The molecule has 6 nitrogen and oxygen atoms in total. The molecule has 4 rings (SSSR count). The van der Waals surface area contributed by atoms with E-state index in [2.05, 4.69) is 32.4 Å². The lowest BCUT2D eigenvalue weighted by atomic mass is 9.84. The summed E-state index contributed by atoms with van der Waals surface area (Å²) in [6.45, 7) is -0.952. The Balaban J connectivity index is 1.68. The summed E-state index contributed by atoms with van der Waals surface area (Å²) in [5.41, 5.74) is -4.69. The summed E-state index contributed by atoms with van der Waals surface area (Å²) in [7, 11) is 0. The van der Waals surface area contributed by atoms with Crippen LogP contribution in [0.4, 0.5) is 22.0 Å². The molecular formula is C23H16F5N5O. The first-order chi connectivity index (χ1) is 16.2. The van der Waals surface area contributed by atoms with Crippen LogP contribution in [-0.2, 0) is 18.1 Å². The van der Waals surface area contributed by atoms with E-state index in [-0.39, 0.29) is 11.5 Å². The lowest BCUT2D eigenvalue weighted by Crippen LogP contribution is -2.48. The standard InChI is InChI=1S/C23H16F5N5O/c24-17-3-1-2-15(10-17)4-5-16-6-9-21(29-12-16)23(27,28)22(34,13-33-14-30-31-32-33)19-8-7-18(25)11-20(19)26/h1,3,6-12,14-15,34H,2,13H2. The maximum Gasteiger partial charge on any atom is 0.323 e. The Morgan fingerprint density at radius 1 is 1.15 bits per heavy atom. The molecule has 2 atom stereocenters. The van der Waals surface area contributed by atoms with Gasteiger partial charge in [-0.15, -0.1) is 5.10 Å². The SMILES string of the molecule is OC(Cn1cnnn1)(c1ccc(F)cc1F)C(F)(F)c1ccc(C#CC2C=C(F)C=CC2)cn1. The van der Waals surface area contributed by atoms with E-state index in [9.17, 15) is 18.3 Å². The minimum Gasteiger partial charge on any atom is -0.377 e. The number of halogens is 5. The highest BCUT2D eigenvalue weighted by atomic mass is 19.3. The fourth-order valence-corrected chi connectivity index (χ4v) is 3.45. The molecule has 11 heteroatoms. The van der Waals surface area contributed by atoms with Gasteiger partial charge < -0.3 is 5.11 Å². The van der Waals surface area contributed by atoms with Crippen molar-refractivity contribution < 1.29 is 27.1 Å². The molecule has 0 bridgehead atoms. The molecule has 1 N–H and O–H groups in total. The smallest absolute Gasteiger partial charge is 0.323 e. The van der Waals surface area contributed by atoms with Gasteiger partial charge in [0.25, 0.3) is 0 Å². The van der Waals surface area contributed by atoms with Gasteiger partial charge in [-0.05, 0) is 53.3 Å². The zero-order valence-electron chi connectivity index (χ0n) is 17.3. The first kappa shape index (κ1) is 23.3. The summed E-state index contributed by atoms with van der Waals surface area (Å²) in [6.07, 6.45) is 6.85. The van der Waals surface area contributed by atoms with Crippen molar-refractivity contribution in [2.45, 2.75) is 24.5 Å². The van der Waals surface area contributed by atoms with Crippen LogP contribution in [0.3, 0.4) is 0 Å². The van der Waals surface area contributed by atoms with Gasteiger partial charge in [0.1, 0.15) is 29.5 Å². The lowest BCUT2D eigenvalue weighted by molar-refractivity contribution is -0.207. The molecule has 0 spiro atoms. The summed E-state index contributed by atoms with van der Waals surface area (Å²) in [6, 6.07) is 4.06. The Hall–Kier alpha value is -3.91. The number of benzene rings is 1. The Labute approximate surface area is 190 Å². The molecule has 34 heavy (non-hydrogen) atoms. The predicted octanol–water partition coefficient (Wildman–Crippen LogP) is 3.81. The van der Waals surface area contributed by atoms with E-state index in [1.54, 1.807) is 6.08 Å². The van der Waals surface area contributed by atoms with E-state index in [1.165, 1.54) is 18.2 Å². The predicted molar refractivity (Wildman–Crippen MR) is 110 cm³/mol. The van der Waals surface area contributed by atoms with Gasteiger partial charge in [0.15, 0.2) is 5.60 Å². The van der Waals surface area contributed by atoms with Gasteiger partial charge in [-0.25, -0.2) is 17.9 Å². The number of aromatic nitrogens is 5. The average molecular weight is 473 g/mol. The van der Waals surface area contributed by atoms with Crippen LogP contribution >= 0.6 is 0 Å². The van der Waals surface area contributed by atoms with Crippen molar-refractivity contribution in [3.63, 3.8) is 0 Å². The highest BCUT2D eigenvalue weighted by Crippen LogP contribution is 2.46. The molecule has 3 aromatic rings. The molecular weight excluding hydrogens is 457 g/mol. The van der Waals surface area contributed by atoms with Crippen LogP contribution in [0.2, 0.25) is 0 Å². The summed E-state index contributed by atoms with van der Waals surface area (Å²) in [4.78, 5) is 3.72. The molecule has 0 fully saturated rings. The molecule has 0 aliphatic heterocycles. The van der Waals surface area contributed by atoms with E-state index >= 15 is 8.78 Å². The third kappa shape index (κ3) is 4.58. The van der Waals surface area contributed by atoms with Crippen molar-refractivity contribution >= 4 is 0 Å². The van der Waals surface area contributed by atoms with E-state index in [4.69, 9.17) is 0 Å². The zero-order valence-corrected chi connectivity index (χ0v) is 17.3. The molecule has 1 aliphatic rings. The van der Waals surface area contributed by atoms with Crippen molar-refractivity contribution in [3.05, 3.63) is 95.4 Å². The summed E-state index contributed by atoms with van der Waals surface area (Å²) >= 11 is 0. The molecule has 0 saturated heterocycles. The van der Waals surface area contributed by atoms with Crippen LogP contribution in [0.15, 0.2) is 66.9 Å². The second-order valence-corrected chi connectivity index (χ2v) is 7.56. The number of nitrogens with zero attached hydrogens (tertiary/aromatic N) is 5. The summed E-state index contributed by atoms with van der Waals surface area (Å²) in [5.74, 6) is -1.76. The third-order valence-electron chi connectivity index (χ3n) is 5.19. The van der Waals surface area contributed by atoms with Gasteiger partial charge in [0, 0.05) is 29.3 Å². The second kappa shape index (κ2) is 9.15. The van der Waals surface area contributed by atoms with Crippen molar-refractivity contribution in [1.82, 2.24) is 25.2 Å². The van der Waals surface area contributed by atoms with Gasteiger partial charge in [-0.3, -0.25) is 4.98 Å². The molecule has 2 aromatic heterocycles. The van der Waals surface area contributed by atoms with Crippen molar-refractivity contribution in [2.75, 3.05) is 0 Å². The Morgan fingerprint density at radius 3 is 2.62 bits per heavy atom. The number of hydrogen-bond acceptors (Lipinski definition) is 5. The van der Waals surface area contributed by atoms with Crippen LogP contribution < -0.4 is 0 Å². The Morgan fingerprint density at radius 2 is 1.97 bits per heavy atom. The van der Waals surface area contributed by atoms with Gasteiger partial charge in [0.2, 0.25) is 0 Å². The quantitative estimate of drug-likeness (QED) is 0.451. The molecule has 1 aromatic carbocycles. The Bertz CT molecular complexity index is 1300. The zero-order chi connectivity index (χ0) is 24.3. The lowest BCUT2D eigenvalue weighted by Gasteiger charge is -2.35. The van der Waals surface area contributed by atoms with Crippen molar-refractivity contribution in [1.29, 1.82) is 0 Å². The molecule has 1 aliphatic carbocycles. The number of aliphatic hydroxyl groups is 1. The summed E-state index contributed by atoms with van der Waals surface area (Å²) in [5, 5.41) is 21.2. The minimum absolute atomic E-state index is 0.278. The van der Waals surface area contributed by atoms with Crippen molar-refractivity contribution in [3.8, 4) is 11.8 Å². The first-order valence-corrected chi connectivity index (χ1v) is 9.97. The topological polar surface area (TPSA) is 76.7 Å². The van der Waals surface area contributed by atoms with Gasteiger partial charge in [-0.1, -0.05) is 17.9 Å². The minimum atomic E-state index is -4.16. The van der Waals surface area contributed by atoms with Crippen LogP contribution in [0.5, 0.6) is 0 Å². The highest BCUT2D eigenvalue weighted by molar-refractivity contribution is 5.37. The molecule has 0 radical (unpaired) electrons. The van der Waals surface area contributed by atoms with E-state index < -0.39 is 46.8 Å². The summed E-state index contributed by atoms with van der Waals surface area (Å²) < 4.78 is 73.4. The van der Waals surface area contributed by atoms with Crippen LogP contribution in [0.1, 0.15) is 23.2 Å². The number of rotatable bonds is 5. The van der Waals surface area contributed by atoms with Gasteiger partial charge in [0.05, 0.1) is 6.54 Å². The number of hydrogen-bond donors (Lipinski definition) is 1. The van der Waals surface area contributed by atoms with E-state index in [0.717, 1.165) is 35.4 Å². The maximum atomic E-state index is 15.7. The molecule has 174 valence electrons.